The summed E-state index contributed by atoms with van der Waals surface area (Å²) in [6.07, 6.45) is 1.23. The van der Waals surface area contributed by atoms with Gasteiger partial charge in [0, 0.05) is 36.4 Å². The lowest BCUT2D eigenvalue weighted by atomic mass is 10.2. The van der Waals surface area contributed by atoms with E-state index in [0.29, 0.717) is 6.04 Å². The van der Waals surface area contributed by atoms with Crippen LogP contribution in [0.25, 0.3) is 0 Å². The Morgan fingerprint density at radius 2 is 2.24 bits per heavy atom. The Morgan fingerprint density at radius 3 is 2.88 bits per heavy atom. The van der Waals surface area contributed by atoms with Crippen LogP contribution in [0, 0.1) is 0 Å². The van der Waals surface area contributed by atoms with E-state index in [-0.39, 0.29) is 0 Å². The largest absolute Gasteiger partial charge is 0.399 e. The Bertz CT molecular complexity index is 392. The summed E-state index contributed by atoms with van der Waals surface area (Å²) in [7, 11) is 4.28. The maximum absolute atomic E-state index is 6.18. The van der Waals surface area contributed by atoms with Crippen LogP contribution in [-0.2, 0) is 6.54 Å². The number of likely N-dealkylation sites (N-methyl/N-ethyl adjacent to an activating group) is 1. The minimum atomic E-state index is 0.662. The second kappa shape index (κ2) is 5.25. The lowest BCUT2D eigenvalue weighted by molar-refractivity contribution is 0.265. The van der Waals surface area contributed by atoms with Gasteiger partial charge in [-0.2, -0.15) is 0 Å². The van der Waals surface area contributed by atoms with Crippen LogP contribution in [0.3, 0.4) is 0 Å². The fourth-order valence-corrected chi connectivity index (χ4v) is 2.51. The predicted molar refractivity (Wildman–Crippen MR) is 73.2 cm³/mol. The molecule has 0 aliphatic carbocycles. The van der Waals surface area contributed by atoms with Crippen LogP contribution in [0.1, 0.15) is 12.0 Å². The van der Waals surface area contributed by atoms with Crippen molar-refractivity contribution >= 4 is 17.3 Å². The topological polar surface area (TPSA) is 32.5 Å². The van der Waals surface area contributed by atoms with Crippen molar-refractivity contribution in [2.24, 2.45) is 0 Å². The highest BCUT2D eigenvalue weighted by Gasteiger charge is 2.24. The Morgan fingerprint density at radius 1 is 1.47 bits per heavy atom. The first kappa shape index (κ1) is 12.7. The van der Waals surface area contributed by atoms with Gasteiger partial charge in [-0.05, 0) is 44.3 Å². The molecular formula is C13H20ClN3. The summed E-state index contributed by atoms with van der Waals surface area (Å²) >= 11 is 6.18. The molecule has 1 unspecified atom stereocenters. The average molecular weight is 254 g/mol. The summed E-state index contributed by atoms with van der Waals surface area (Å²) in [6.45, 7) is 3.14. The van der Waals surface area contributed by atoms with E-state index in [4.69, 9.17) is 17.3 Å². The molecule has 0 aromatic heterocycles. The number of hydrogen-bond acceptors (Lipinski definition) is 3. The first-order valence-corrected chi connectivity index (χ1v) is 6.37. The van der Waals surface area contributed by atoms with Crippen LogP contribution in [0.2, 0.25) is 5.02 Å². The Hall–Kier alpha value is -0.770. The zero-order chi connectivity index (χ0) is 12.4. The molecule has 1 aromatic carbocycles. The minimum Gasteiger partial charge on any atom is -0.399 e. The second-order valence-corrected chi connectivity index (χ2v) is 5.40. The molecule has 0 spiro atoms. The van der Waals surface area contributed by atoms with Crippen molar-refractivity contribution in [3.63, 3.8) is 0 Å². The first-order valence-electron chi connectivity index (χ1n) is 5.99. The summed E-state index contributed by atoms with van der Waals surface area (Å²) < 4.78 is 0. The maximum Gasteiger partial charge on any atom is 0.0452 e. The van der Waals surface area contributed by atoms with Crippen LogP contribution < -0.4 is 5.73 Å². The highest BCUT2D eigenvalue weighted by atomic mass is 35.5. The van der Waals surface area contributed by atoms with Gasteiger partial charge >= 0.3 is 0 Å². The molecule has 1 aromatic rings. The molecule has 0 radical (unpaired) electrons. The summed E-state index contributed by atoms with van der Waals surface area (Å²) in [6, 6.07) is 6.37. The molecule has 1 atom stereocenters. The van der Waals surface area contributed by atoms with Crippen molar-refractivity contribution in [3.05, 3.63) is 28.8 Å². The smallest absolute Gasteiger partial charge is 0.0452 e. The number of benzene rings is 1. The number of anilines is 1. The predicted octanol–water partition coefficient (Wildman–Crippen LogP) is 2.06. The number of rotatable bonds is 3. The monoisotopic (exact) mass is 253 g/mol. The van der Waals surface area contributed by atoms with Crippen LogP contribution in [0.15, 0.2) is 18.2 Å². The fourth-order valence-electron chi connectivity index (χ4n) is 2.33. The molecule has 0 amide bonds. The molecule has 3 nitrogen and oxygen atoms in total. The zero-order valence-corrected chi connectivity index (χ0v) is 11.2. The van der Waals surface area contributed by atoms with E-state index in [2.05, 4.69) is 23.9 Å². The van der Waals surface area contributed by atoms with E-state index in [0.717, 1.165) is 35.9 Å². The highest BCUT2D eigenvalue weighted by Crippen LogP contribution is 2.23. The van der Waals surface area contributed by atoms with Gasteiger partial charge in [-0.15, -0.1) is 0 Å². The molecule has 1 fully saturated rings. The summed E-state index contributed by atoms with van der Waals surface area (Å²) in [5.41, 5.74) is 7.71. The van der Waals surface area contributed by atoms with Crippen LogP contribution in [0.4, 0.5) is 5.69 Å². The summed E-state index contributed by atoms with van der Waals surface area (Å²) in [4.78, 5) is 4.73. The number of likely N-dealkylation sites (tertiary alicyclic amines) is 1. The SMILES string of the molecule is CN(C)C1CCN(Cc2cc(N)ccc2Cl)C1. The molecule has 1 aliphatic heterocycles. The molecule has 2 rings (SSSR count). The van der Waals surface area contributed by atoms with Crippen molar-refractivity contribution in [3.8, 4) is 0 Å². The molecule has 4 heteroatoms. The van der Waals surface area contributed by atoms with Crippen molar-refractivity contribution in [2.45, 2.75) is 19.0 Å². The van der Waals surface area contributed by atoms with Gasteiger partial charge in [0.25, 0.3) is 0 Å². The molecule has 1 aliphatic rings. The number of halogens is 1. The van der Waals surface area contributed by atoms with Crippen LogP contribution in [-0.4, -0.2) is 43.0 Å². The van der Waals surface area contributed by atoms with E-state index in [1.807, 2.05) is 18.2 Å². The maximum atomic E-state index is 6.18. The molecule has 2 N–H and O–H groups in total. The summed E-state index contributed by atoms with van der Waals surface area (Å²) in [5.74, 6) is 0. The van der Waals surface area contributed by atoms with E-state index >= 15 is 0 Å². The molecular weight excluding hydrogens is 234 g/mol. The lowest BCUT2D eigenvalue weighted by Crippen LogP contribution is -2.31. The minimum absolute atomic E-state index is 0.662. The van der Waals surface area contributed by atoms with Crippen molar-refractivity contribution in [1.82, 2.24) is 9.80 Å². The fraction of sp³-hybridized carbons (Fsp3) is 0.538. The number of nitrogens with zero attached hydrogens (tertiary/aromatic N) is 2. The van der Waals surface area contributed by atoms with Crippen molar-refractivity contribution in [2.75, 3.05) is 32.9 Å². The van der Waals surface area contributed by atoms with Crippen LogP contribution in [0.5, 0.6) is 0 Å². The highest BCUT2D eigenvalue weighted by molar-refractivity contribution is 6.31. The number of nitrogens with two attached hydrogens (primary N) is 1. The quantitative estimate of drug-likeness (QED) is 0.837. The number of nitrogen functional groups attached to an aromatic ring is 1. The second-order valence-electron chi connectivity index (χ2n) is 4.99. The standard InChI is InChI=1S/C13H20ClN3/c1-16(2)12-5-6-17(9-12)8-10-7-11(15)3-4-13(10)14/h3-4,7,12H,5-6,8-9,15H2,1-2H3. The van der Waals surface area contributed by atoms with Crippen molar-refractivity contribution in [1.29, 1.82) is 0 Å². The Kier molecular flexibility index (Phi) is 3.92. The lowest BCUT2D eigenvalue weighted by Gasteiger charge is -2.20. The van der Waals surface area contributed by atoms with Gasteiger partial charge in [-0.25, -0.2) is 0 Å². The third-order valence-electron chi connectivity index (χ3n) is 3.44. The molecule has 0 saturated carbocycles. The number of hydrogen-bond donors (Lipinski definition) is 1. The van der Waals surface area contributed by atoms with Crippen LogP contribution >= 0.6 is 11.6 Å². The van der Waals surface area contributed by atoms with E-state index < -0.39 is 0 Å². The van der Waals surface area contributed by atoms with Gasteiger partial charge in [-0.3, -0.25) is 4.90 Å². The molecule has 1 saturated heterocycles. The van der Waals surface area contributed by atoms with Gasteiger partial charge in [0.2, 0.25) is 0 Å². The third kappa shape index (κ3) is 3.12. The van der Waals surface area contributed by atoms with Crippen molar-refractivity contribution < 1.29 is 0 Å². The zero-order valence-electron chi connectivity index (χ0n) is 10.5. The molecule has 0 bridgehead atoms. The first-order chi connectivity index (χ1) is 8.06. The third-order valence-corrected chi connectivity index (χ3v) is 3.81. The molecule has 17 heavy (non-hydrogen) atoms. The van der Waals surface area contributed by atoms with Gasteiger partial charge in [0.1, 0.15) is 0 Å². The van der Waals surface area contributed by atoms with Gasteiger partial charge in [0.05, 0.1) is 0 Å². The van der Waals surface area contributed by atoms with E-state index in [1.54, 1.807) is 0 Å². The Labute approximate surface area is 108 Å². The average Bonchev–Trinajstić information content (AvgIpc) is 2.72. The van der Waals surface area contributed by atoms with E-state index in [1.165, 1.54) is 6.42 Å². The van der Waals surface area contributed by atoms with Gasteiger partial charge in [0.15, 0.2) is 0 Å². The molecule has 94 valence electrons. The van der Waals surface area contributed by atoms with Gasteiger partial charge < -0.3 is 10.6 Å². The summed E-state index contributed by atoms with van der Waals surface area (Å²) in [5, 5.41) is 0.813. The normalized spacial score (nSPS) is 21.3. The van der Waals surface area contributed by atoms with Gasteiger partial charge in [-0.1, -0.05) is 11.6 Å². The Balaban J connectivity index is 2.00. The molecule has 1 heterocycles. The van der Waals surface area contributed by atoms with E-state index in [9.17, 15) is 0 Å².